The van der Waals surface area contributed by atoms with Crippen molar-refractivity contribution in [1.29, 1.82) is 5.26 Å². The van der Waals surface area contributed by atoms with Crippen molar-refractivity contribution in [1.82, 2.24) is 9.13 Å². The summed E-state index contributed by atoms with van der Waals surface area (Å²) in [7, 11) is 1.29. The average molecular weight is 463 g/mol. The van der Waals surface area contributed by atoms with E-state index < -0.39 is 35.2 Å². The molecule has 0 saturated heterocycles. The van der Waals surface area contributed by atoms with Crippen molar-refractivity contribution in [3.05, 3.63) is 66.7 Å². The number of aromatic nitrogens is 2. The third-order valence-electron chi connectivity index (χ3n) is 4.98. The van der Waals surface area contributed by atoms with E-state index in [1.165, 1.54) is 29.8 Å². The fraction of sp³-hybridized carbons (Fsp3) is 0.364. The molecule has 6 nitrogen and oxygen atoms in total. The van der Waals surface area contributed by atoms with Gasteiger partial charge >= 0.3 is 11.9 Å². The van der Waals surface area contributed by atoms with Gasteiger partial charge in [0.1, 0.15) is 4.83 Å². The van der Waals surface area contributed by atoms with Crippen molar-refractivity contribution in [2.24, 2.45) is 13.0 Å². The first kappa shape index (κ1) is 23.5. The molecule has 0 amide bonds. The standard InChI is InChI=1S/C22H20F3N3O3S/c1-12(2)11-28-20-18(19(30)27(3)21(28)31)17(15(29)8-9-26)16(32-20)10-13-6-4-5-7-14(13)22(23,24)25/h4-7,12H,8,10-11H2,1-3H3. The van der Waals surface area contributed by atoms with Crippen LogP contribution in [-0.2, 0) is 26.2 Å². The Morgan fingerprint density at radius 1 is 1.22 bits per heavy atom. The van der Waals surface area contributed by atoms with Crippen molar-refractivity contribution in [2.45, 2.75) is 39.4 Å². The molecule has 2 aromatic heterocycles. The molecule has 168 valence electrons. The molecular weight excluding hydrogens is 443 g/mol. The van der Waals surface area contributed by atoms with Crippen molar-refractivity contribution < 1.29 is 18.0 Å². The summed E-state index contributed by atoms with van der Waals surface area (Å²) in [6.07, 6.45) is -5.40. The summed E-state index contributed by atoms with van der Waals surface area (Å²) < 4.78 is 42.8. The van der Waals surface area contributed by atoms with Crippen LogP contribution in [0.2, 0.25) is 0 Å². The molecule has 32 heavy (non-hydrogen) atoms. The van der Waals surface area contributed by atoms with Crippen LogP contribution >= 0.6 is 11.3 Å². The number of thiophene rings is 1. The number of rotatable bonds is 6. The molecule has 0 unspecified atom stereocenters. The minimum atomic E-state index is -4.60. The highest BCUT2D eigenvalue weighted by Gasteiger charge is 2.34. The van der Waals surface area contributed by atoms with E-state index in [1.807, 2.05) is 13.8 Å². The van der Waals surface area contributed by atoms with E-state index in [4.69, 9.17) is 5.26 Å². The Balaban J connectivity index is 2.37. The number of hydrogen-bond acceptors (Lipinski definition) is 5. The number of ketones is 1. The molecule has 1 aromatic carbocycles. The maximum absolute atomic E-state index is 13.5. The molecule has 0 saturated carbocycles. The van der Waals surface area contributed by atoms with Crippen molar-refractivity contribution in [2.75, 3.05) is 0 Å². The largest absolute Gasteiger partial charge is 0.416 e. The first-order valence-corrected chi connectivity index (χ1v) is 10.6. The SMILES string of the molecule is CC(C)Cn1c(=O)n(C)c(=O)c2c(C(=O)CC#N)c(Cc3ccccc3C(F)(F)F)sc21. The molecule has 0 N–H and O–H groups in total. The van der Waals surface area contributed by atoms with E-state index in [0.29, 0.717) is 0 Å². The van der Waals surface area contributed by atoms with Crippen LogP contribution in [0.5, 0.6) is 0 Å². The monoisotopic (exact) mass is 463 g/mol. The summed E-state index contributed by atoms with van der Waals surface area (Å²) in [6.45, 7) is 4.01. The molecule has 0 aliphatic heterocycles. The van der Waals surface area contributed by atoms with E-state index in [-0.39, 0.29) is 45.1 Å². The fourth-order valence-electron chi connectivity index (χ4n) is 3.61. The maximum Gasteiger partial charge on any atom is 0.416 e. The molecule has 0 spiro atoms. The lowest BCUT2D eigenvalue weighted by atomic mass is 9.98. The normalized spacial score (nSPS) is 11.8. The molecule has 0 radical (unpaired) electrons. The van der Waals surface area contributed by atoms with Gasteiger partial charge < -0.3 is 0 Å². The zero-order chi connectivity index (χ0) is 23.8. The van der Waals surface area contributed by atoms with E-state index in [0.717, 1.165) is 22.0 Å². The molecule has 0 aliphatic carbocycles. The molecule has 0 aliphatic rings. The van der Waals surface area contributed by atoms with Crippen LogP contribution in [0.3, 0.4) is 0 Å². The fourth-order valence-corrected chi connectivity index (χ4v) is 4.94. The Morgan fingerprint density at radius 2 is 1.88 bits per heavy atom. The van der Waals surface area contributed by atoms with Gasteiger partial charge in [-0.25, -0.2) is 4.79 Å². The smallest absolute Gasteiger partial charge is 0.293 e. The summed E-state index contributed by atoms with van der Waals surface area (Å²) in [6, 6.07) is 6.73. The molecule has 3 rings (SSSR count). The first-order valence-electron chi connectivity index (χ1n) is 9.77. The van der Waals surface area contributed by atoms with E-state index in [9.17, 15) is 27.6 Å². The summed E-state index contributed by atoms with van der Waals surface area (Å²) in [5.41, 5.74) is -2.27. The summed E-state index contributed by atoms with van der Waals surface area (Å²) in [5, 5.41) is 9.00. The molecule has 0 atom stereocenters. The zero-order valence-corrected chi connectivity index (χ0v) is 18.4. The van der Waals surface area contributed by atoms with Crippen LogP contribution in [0.15, 0.2) is 33.9 Å². The topological polar surface area (TPSA) is 84.9 Å². The Bertz CT molecular complexity index is 1360. The molecule has 0 fully saturated rings. The lowest BCUT2D eigenvalue weighted by Crippen LogP contribution is -2.38. The maximum atomic E-state index is 13.5. The van der Waals surface area contributed by atoms with E-state index in [2.05, 4.69) is 0 Å². The van der Waals surface area contributed by atoms with Gasteiger partial charge in [-0.15, -0.1) is 11.3 Å². The van der Waals surface area contributed by atoms with Gasteiger partial charge in [0.05, 0.1) is 23.4 Å². The molecule has 10 heteroatoms. The lowest BCUT2D eigenvalue weighted by molar-refractivity contribution is -0.138. The van der Waals surface area contributed by atoms with Gasteiger partial charge in [-0.2, -0.15) is 18.4 Å². The number of hydrogen-bond donors (Lipinski definition) is 0. The van der Waals surface area contributed by atoms with E-state index in [1.54, 1.807) is 6.07 Å². The average Bonchev–Trinajstić information content (AvgIpc) is 3.08. The predicted molar refractivity (Wildman–Crippen MR) is 115 cm³/mol. The zero-order valence-electron chi connectivity index (χ0n) is 17.6. The summed E-state index contributed by atoms with van der Waals surface area (Å²) in [4.78, 5) is 39.0. The third-order valence-corrected chi connectivity index (χ3v) is 6.20. The van der Waals surface area contributed by atoms with Gasteiger partial charge in [0.15, 0.2) is 5.78 Å². The van der Waals surface area contributed by atoms with Gasteiger partial charge in [-0.3, -0.25) is 18.7 Å². The number of nitrogens with zero attached hydrogens (tertiary/aromatic N) is 3. The Kier molecular flexibility index (Phi) is 6.41. The van der Waals surface area contributed by atoms with Gasteiger partial charge in [0.25, 0.3) is 5.56 Å². The van der Waals surface area contributed by atoms with Crippen LogP contribution in [0, 0.1) is 17.2 Å². The quantitative estimate of drug-likeness (QED) is 0.515. The van der Waals surface area contributed by atoms with Crippen LogP contribution < -0.4 is 11.2 Å². The van der Waals surface area contributed by atoms with Crippen LogP contribution in [0.25, 0.3) is 10.2 Å². The highest BCUT2D eigenvalue weighted by atomic mass is 32.1. The minimum absolute atomic E-state index is 0.0301. The number of carbonyl (C=O) groups is 1. The molecule has 2 heterocycles. The highest BCUT2D eigenvalue weighted by Crippen LogP contribution is 2.36. The molecular formula is C22H20F3N3O3S. The van der Waals surface area contributed by atoms with Gasteiger partial charge in [-0.1, -0.05) is 32.0 Å². The van der Waals surface area contributed by atoms with Crippen molar-refractivity contribution in [3.8, 4) is 6.07 Å². The van der Waals surface area contributed by atoms with Gasteiger partial charge in [-0.05, 0) is 17.5 Å². The van der Waals surface area contributed by atoms with Crippen LogP contribution in [-0.4, -0.2) is 14.9 Å². The van der Waals surface area contributed by atoms with Crippen molar-refractivity contribution >= 4 is 27.3 Å². The third kappa shape index (κ3) is 4.25. The Labute approximate surface area is 185 Å². The highest BCUT2D eigenvalue weighted by molar-refractivity contribution is 7.19. The second-order valence-electron chi connectivity index (χ2n) is 7.82. The Hall–Kier alpha value is -3.19. The lowest BCUT2D eigenvalue weighted by Gasteiger charge is -2.12. The van der Waals surface area contributed by atoms with Gasteiger partial charge in [0, 0.05) is 30.5 Å². The van der Waals surface area contributed by atoms with Crippen LogP contribution in [0.1, 0.15) is 46.6 Å². The van der Waals surface area contributed by atoms with Gasteiger partial charge in [0.2, 0.25) is 0 Å². The molecule has 3 aromatic rings. The second kappa shape index (κ2) is 8.74. The second-order valence-corrected chi connectivity index (χ2v) is 8.90. The van der Waals surface area contributed by atoms with Crippen molar-refractivity contribution in [3.63, 3.8) is 0 Å². The summed E-state index contributed by atoms with van der Waals surface area (Å²) >= 11 is 0.950. The van der Waals surface area contributed by atoms with Crippen LogP contribution in [0.4, 0.5) is 13.2 Å². The number of carbonyl (C=O) groups excluding carboxylic acids is 1. The molecule has 0 bridgehead atoms. The van der Waals surface area contributed by atoms with E-state index >= 15 is 0 Å². The number of halogens is 3. The number of nitriles is 1. The number of alkyl halides is 3. The predicted octanol–water partition coefficient (Wildman–Crippen LogP) is 4.12. The number of Topliss-reactive ketones (excluding diaryl/α,β-unsaturated/α-hetero) is 1. The number of fused-ring (bicyclic) bond motifs is 1. The first-order chi connectivity index (χ1) is 15.0. The minimum Gasteiger partial charge on any atom is -0.293 e. The number of benzene rings is 1. The summed E-state index contributed by atoms with van der Waals surface area (Å²) in [5.74, 6) is -0.631. The Morgan fingerprint density at radius 3 is 2.47 bits per heavy atom.